The summed E-state index contributed by atoms with van der Waals surface area (Å²) < 4.78 is 0. The van der Waals surface area contributed by atoms with Crippen molar-refractivity contribution in [1.29, 1.82) is 0 Å². The lowest BCUT2D eigenvalue weighted by atomic mass is 10.0. The van der Waals surface area contributed by atoms with Crippen LogP contribution in [0.1, 0.15) is 30.1 Å². The van der Waals surface area contributed by atoms with Gasteiger partial charge in [0.05, 0.1) is 0 Å². The van der Waals surface area contributed by atoms with Crippen LogP contribution in [0.25, 0.3) is 11.1 Å². The molecule has 2 aromatic carbocycles. The zero-order valence-corrected chi connectivity index (χ0v) is 17.6. The predicted molar refractivity (Wildman–Crippen MR) is 117 cm³/mol. The number of hydrogen-bond donors (Lipinski definition) is 1. The van der Waals surface area contributed by atoms with Crippen molar-refractivity contribution in [1.82, 2.24) is 15.1 Å². The number of nitrogens with zero attached hydrogens (tertiary/aromatic N) is 2. The molecule has 0 spiro atoms. The first-order valence-electron chi connectivity index (χ1n) is 10.2. The van der Waals surface area contributed by atoms with Gasteiger partial charge in [-0.05, 0) is 43.1 Å². The zero-order chi connectivity index (χ0) is 20.6. The fraction of sp³-hybridized carbons (Fsp3) is 0.391. The van der Waals surface area contributed by atoms with Crippen molar-refractivity contribution in [2.24, 2.45) is 0 Å². The summed E-state index contributed by atoms with van der Waals surface area (Å²) in [6, 6.07) is 15.2. The van der Waals surface area contributed by atoms with Crippen LogP contribution in [0.5, 0.6) is 0 Å². The summed E-state index contributed by atoms with van der Waals surface area (Å²) in [7, 11) is 0. The van der Waals surface area contributed by atoms with Crippen LogP contribution in [0, 0.1) is 0 Å². The van der Waals surface area contributed by atoms with E-state index in [4.69, 9.17) is 11.6 Å². The molecule has 1 N–H and O–H groups in total. The molecule has 5 nitrogen and oxygen atoms in total. The predicted octanol–water partition coefficient (Wildman–Crippen LogP) is 3.68. The molecule has 29 heavy (non-hydrogen) atoms. The van der Waals surface area contributed by atoms with Gasteiger partial charge in [-0.1, -0.05) is 41.9 Å². The monoisotopic (exact) mass is 413 g/mol. The summed E-state index contributed by atoms with van der Waals surface area (Å²) in [6.45, 7) is 6.80. The quantitative estimate of drug-likeness (QED) is 0.704. The molecule has 1 fully saturated rings. The second-order valence-electron chi connectivity index (χ2n) is 7.37. The Morgan fingerprint density at radius 1 is 0.966 bits per heavy atom. The van der Waals surface area contributed by atoms with Crippen LogP contribution >= 0.6 is 11.6 Å². The molecule has 6 heteroatoms. The first-order valence-corrected chi connectivity index (χ1v) is 10.5. The van der Waals surface area contributed by atoms with Crippen LogP contribution in [0.2, 0.25) is 5.02 Å². The molecule has 0 radical (unpaired) electrons. The minimum Gasteiger partial charge on any atom is -0.352 e. The Kier molecular flexibility index (Phi) is 7.67. The van der Waals surface area contributed by atoms with Gasteiger partial charge < -0.3 is 10.2 Å². The molecule has 0 unspecified atom stereocenters. The van der Waals surface area contributed by atoms with E-state index in [1.54, 1.807) is 6.92 Å². The lowest BCUT2D eigenvalue weighted by molar-refractivity contribution is -0.130. The number of carbonyl (C=O) groups excluding carboxylic acids is 2. The van der Waals surface area contributed by atoms with Crippen molar-refractivity contribution in [2.75, 3.05) is 39.3 Å². The van der Waals surface area contributed by atoms with Crippen LogP contribution in [0.3, 0.4) is 0 Å². The third kappa shape index (κ3) is 6.05. The molecule has 3 rings (SSSR count). The highest BCUT2D eigenvalue weighted by Gasteiger charge is 2.17. The van der Waals surface area contributed by atoms with Gasteiger partial charge >= 0.3 is 0 Å². The molecule has 0 aromatic heterocycles. The molecule has 0 aliphatic carbocycles. The number of hydrogen-bond acceptors (Lipinski definition) is 3. The van der Waals surface area contributed by atoms with E-state index in [-0.39, 0.29) is 11.8 Å². The topological polar surface area (TPSA) is 52.7 Å². The average Bonchev–Trinajstić information content (AvgIpc) is 2.74. The summed E-state index contributed by atoms with van der Waals surface area (Å²) in [5.74, 6) is 0.109. The zero-order valence-electron chi connectivity index (χ0n) is 16.9. The number of rotatable bonds is 7. The maximum atomic E-state index is 12.3. The second-order valence-corrected chi connectivity index (χ2v) is 7.78. The van der Waals surface area contributed by atoms with Gasteiger partial charge in [0.25, 0.3) is 5.91 Å². The third-order valence-electron chi connectivity index (χ3n) is 5.34. The van der Waals surface area contributed by atoms with Gasteiger partial charge in [0.15, 0.2) is 0 Å². The highest BCUT2D eigenvalue weighted by molar-refractivity contribution is 6.33. The van der Waals surface area contributed by atoms with Gasteiger partial charge in [-0.3, -0.25) is 14.5 Å². The Balaban J connectivity index is 1.37. The average molecular weight is 414 g/mol. The number of halogens is 1. The maximum absolute atomic E-state index is 12.3. The van der Waals surface area contributed by atoms with Gasteiger partial charge in [0, 0.05) is 55.8 Å². The summed E-state index contributed by atoms with van der Waals surface area (Å²) in [6.07, 6.45) is 1.97. The molecule has 1 saturated heterocycles. The summed E-state index contributed by atoms with van der Waals surface area (Å²) in [5, 5.41) is 3.69. The first-order chi connectivity index (χ1) is 14.0. The van der Waals surface area contributed by atoms with Gasteiger partial charge in [0.2, 0.25) is 5.91 Å². The molecule has 1 aliphatic heterocycles. The minimum atomic E-state index is -0.0502. The van der Waals surface area contributed by atoms with E-state index in [0.29, 0.717) is 17.1 Å². The minimum absolute atomic E-state index is 0.0502. The molecule has 2 amide bonds. The van der Waals surface area contributed by atoms with Crippen LogP contribution in [-0.2, 0) is 4.79 Å². The van der Waals surface area contributed by atoms with Gasteiger partial charge in [0.1, 0.15) is 0 Å². The van der Waals surface area contributed by atoms with E-state index in [2.05, 4.69) is 10.2 Å². The molecule has 0 bridgehead atoms. The number of benzene rings is 2. The van der Waals surface area contributed by atoms with E-state index in [1.165, 1.54) is 0 Å². The van der Waals surface area contributed by atoms with Crippen molar-refractivity contribution in [2.45, 2.75) is 19.8 Å². The lowest BCUT2D eigenvalue weighted by Gasteiger charge is -2.34. The maximum Gasteiger partial charge on any atom is 0.251 e. The number of unbranched alkanes of at least 4 members (excludes halogenated alkanes) is 1. The third-order valence-corrected chi connectivity index (χ3v) is 5.67. The summed E-state index contributed by atoms with van der Waals surface area (Å²) in [4.78, 5) is 28.0. The molecular formula is C23H28ClN3O2. The number of amides is 2. The summed E-state index contributed by atoms with van der Waals surface area (Å²) >= 11 is 6.24. The number of carbonyl (C=O) groups is 2. The lowest BCUT2D eigenvalue weighted by Crippen LogP contribution is -2.48. The van der Waals surface area contributed by atoms with Crippen LogP contribution in [0.4, 0.5) is 0 Å². The van der Waals surface area contributed by atoms with Crippen molar-refractivity contribution >= 4 is 23.4 Å². The first kappa shape index (κ1) is 21.3. The summed E-state index contributed by atoms with van der Waals surface area (Å²) in [5.41, 5.74) is 2.61. The van der Waals surface area contributed by atoms with Gasteiger partial charge in [-0.15, -0.1) is 0 Å². The normalized spacial score (nSPS) is 14.6. The van der Waals surface area contributed by atoms with Gasteiger partial charge in [-0.2, -0.15) is 0 Å². The fourth-order valence-electron chi connectivity index (χ4n) is 3.55. The Morgan fingerprint density at radius 2 is 1.66 bits per heavy atom. The fourth-order valence-corrected chi connectivity index (χ4v) is 3.79. The van der Waals surface area contributed by atoms with E-state index in [1.807, 2.05) is 53.4 Å². The number of nitrogens with one attached hydrogen (secondary N) is 1. The second kappa shape index (κ2) is 10.4. The Labute approximate surface area is 177 Å². The number of piperazine rings is 1. The van der Waals surface area contributed by atoms with E-state index in [9.17, 15) is 9.59 Å². The smallest absolute Gasteiger partial charge is 0.251 e. The van der Waals surface area contributed by atoms with Crippen molar-refractivity contribution in [3.63, 3.8) is 0 Å². The molecule has 0 saturated carbocycles. The molecular weight excluding hydrogens is 386 g/mol. The van der Waals surface area contributed by atoms with E-state index < -0.39 is 0 Å². The standard InChI is InChI=1S/C23H28ClN3O2/c1-18(28)27-16-14-26(15-17-27)13-5-4-12-25-23(29)20-10-8-19(9-11-20)21-6-2-3-7-22(21)24/h2-3,6-11H,4-5,12-17H2,1H3,(H,25,29). The highest BCUT2D eigenvalue weighted by atomic mass is 35.5. The Hall–Kier alpha value is -2.37. The van der Waals surface area contributed by atoms with Crippen LogP contribution < -0.4 is 5.32 Å². The molecule has 2 aromatic rings. The van der Waals surface area contributed by atoms with Crippen molar-refractivity contribution < 1.29 is 9.59 Å². The molecule has 1 heterocycles. The van der Waals surface area contributed by atoms with Gasteiger partial charge in [-0.25, -0.2) is 0 Å². The largest absolute Gasteiger partial charge is 0.352 e. The molecule has 154 valence electrons. The van der Waals surface area contributed by atoms with Crippen LogP contribution in [0.15, 0.2) is 48.5 Å². The van der Waals surface area contributed by atoms with E-state index in [0.717, 1.165) is 56.7 Å². The van der Waals surface area contributed by atoms with E-state index >= 15 is 0 Å². The molecule has 0 atom stereocenters. The highest BCUT2D eigenvalue weighted by Crippen LogP contribution is 2.27. The molecule has 1 aliphatic rings. The van der Waals surface area contributed by atoms with Crippen molar-refractivity contribution in [3.05, 3.63) is 59.1 Å². The Bertz CT molecular complexity index is 830. The SMILES string of the molecule is CC(=O)N1CCN(CCCCNC(=O)c2ccc(-c3ccccc3Cl)cc2)CC1. The Morgan fingerprint density at radius 3 is 2.31 bits per heavy atom. The van der Waals surface area contributed by atoms with Crippen molar-refractivity contribution in [3.8, 4) is 11.1 Å². The van der Waals surface area contributed by atoms with Crippen LogP contribution in [-0.4, -0.2) is 60.9 Å².